The summed E-state index contributed by atoms with van der Waals surface area (Å²) in [4.78, 5) is 25.7. The van der Waals surface area contributed by atoms with Gasteiger partial charge in [-0.15, -0.1) is 0 Å². The number of fused-ring (bicyclic) bond motifs is 1. The van der Waals surface area contributed by atoms with Gasteiger partial charge >= 0.3 is 6.03 Å². The Balaban J connectivity index is 2.04. The van der Waals surface area contributed by atoms with E-state index < -0.39 is 11.9 Å². The molecule has 0 aliphatic heterocycles. The maximum Gasteiger partial charge on any atom is 0.317 e. The molecule has 3 amide bonds. The molecule has 0 aliphatic carbocycles. The second-order valence-corrected chi connectivity index (χ2v) is 5.10. The van der Waals surface area contributed by atoms with Crippen LogP contribution in [0, 0.1) is 11.8 Å². The molecule has 1 aromatic heterocycles. The number of nitrogens with two attached hydrogens (primary N) is 2. The van der Waals surface area contributed by atoms with Gasteiger partial charge < -0.3 is 16.5 Å². The average Bonchev–Trinajstić information content (AvgIpc) is 2.90. The van der Waals surface area contributed by atoms with Crippen molar-refractivity contribution in [1.29, 1.82) is 0 Å². The first kappa shape index (κ1) is 15.2. The Morgan fingerprint density at radius 2 is 1.67 bits per heavy atom. The SMILES string of the molecule is NC(=O)Nc1[nH]c2cc(C#Cc3ccccc3)ccc2c1C(N)=O. The summed E-state index contributed by atoms with van der Waals surface area (Å²) in [6, 6.07) is 14.1. The molecule has 0 atom stereocenters. The number of anilines is 1. The standard InChI is InChI=1S/C18H14N4O2/c19-16(23)15-13-9-8-12(7-6-11-4-2-1-3-5-11)10-14(13)21-17(15)22-18(20)24/h1-5,8-10,21H,(H2,19,23)(H3,20,22,24). The van der Waals surface area contributed by atoms with Gasteiger partial charge in [0.25, 0.3) is 5.91 Å². The molecule has 0 spiro atoms. The van der Waals surface area contributed by atoms with Crippen molar-refractivity contribution in [3.63, 3.8) is 0 Å². The summed E-state index contributed by atoms with van der Waals surface area (Å²) >= 11 is 0. The minimum Gasteiger partial charge on any atom is -0.365 e. The second-order valence-electron chi connectivity index (χ2n) is 5.10. The number of hydrogen-bond donors (Lipinski definition) is 4. The normalized spacial score (nSPS) is 10.0. The zero-order chi connectivity index (χ0) is 17.1. The zero-order valence-electron chi connectivity index (χ0n) is 12.6. The third kappa shape index (κ3) is 3.05. The van der Waals surface area contributed by atoms with Gasteiger partial charge in [0.1, 0.15) is 5.82 Å². The highest BCUT2D eigenvalue weighted by Crippen LogP contribution is 2.26. The first-order chi connectivity index (χ1) is 11.5. The van der Waals surface area contributed by atoms with Crippen molar-refractivity contribution in [2.45, 2.75) is 0 Å². The number of aromatic nitrogens is 1. The molecule has 1 heterocycles. The molecule has 0 bridgehead atoms. The zero-order valence-corrected chi connectivity index (χ0v) is 12.6. The molecular formula is C18H14N4O2. The van der Waals surface area contributed by atoms with Crippen molar-refractivity contribution in [3.05, 3.63) is 65.2 Å². The predicted octanol–water partition coefficient (Wildman–Crippen LogP) is 2.16. The molecule has 0 unspecified atom stereocenters. The van der Waals surface area contributed by atoms with Crippen LogP contribution < -0.4 is 16.8 Å². The van der Waals surface area contributed by atoms with Gasteiger partial charge in [-0.1, -0.05) is 36.1 Å². The fourth-order valence-corrected chi connectivity index (χ4v) is 2.41. The first-order valence-electron chi connectivity index (χ1n) is 7.13. The monoisotopic (exact) mass is 318 g/mol. The number of urea groups is 1. The second kappa shape index (κ2) is 6.18. The van der Waals surface area contributed by atoms with Gasteiger partial charge in [0, 0.05) is 22.0 Å². The number of benzene rings is 2. The van der Waals surface area contributed by atoms with Gasteiger partial charge in [-0.25, -0.2) is 4.79 Å². The minimum atomic E-state index is -0.784. The summed E-state index contributed by atoms with van der Waals surface area (Å²) in [5, 5.41) is 2.96. The third-order valence-electron chi connectivity index (χ3n) is 3.42. The molecule has 6 nitrogen and oxygen atoms in total. The summed E-state index contributed by atoms with van der Waals surface area (Å²) in [6.45, 7) is 0. The van der Waals surface area contributed by atoms with Crippen molar-refractivity contribution in [3.8, 4) is 11.8 Å². The Labute approximate surface area is 137 Å². The number of carbonyl (C=O) groups excluding carboxylic acids is 2. The van der Waals surface area contributed by atoms with Gasteiger partial charge in [-0.3, -0.25) is 10.1 Å². The molecule has 0 aliphatic rings. The summed E-state index contributed by atoms with van der Waals surface area (Å²) in [7, 11) is 0. The Bertz CT molecular complexity index is 994. The molecule has 24 heavy (non-hydrogen) atoms. The molecule has 0 saturated carbocycles. The fourth-order valence-electron chi connectivity index (χ4n) is 2.41. The van der Waals surface area contributed by atoms with E-state index in [0.29, 0.717) is 10.9 Å². The van der Waals surface area contributed by atoms with E-state index in [1.807, 2.05) is 30.3 Å². The van der Waals surface area contributed by atoms with Gasteiger partial charge in [-0.2, -0.15) is 0 Å². The lowest BCUT2D eigenvalue weighted by atomic mass is 10.1. The highest BCUT2D eigenvalue weighted by Gasteiger charge is 2.17. The maximum atomic E-state index is 11.7. The van der Waals surface area contributed by atoms with E-state index >= 15 is 0 Å². The first-order valence-corrected chi connectivity index (χ1v) is 7.13. The predicted molar refractivity (Wildman–Crippen MR) is 92.4 cm³/mol. The van der Waals surface area contributed by atoms with Crippen LogP contribution in [-0.4, -0.2) is 16.9 Å². The van der Waals surface area contributed by atoms with Crippen LogP contribution in [0.3, 0.4) is 0 Å². The highest BCUT2D eigenvalue weighted by molar-refractivity contribution is 6.13. The lowest BCUT2D eigenvalue weighted by Gasteiger charge is -2.00. The lowest BCUT2D eigenvalue weighted by Crippen LogP contribution is -2.22. The van der Waals surface area contributed by atoms with Crippen LogP contribution >= 0.6 is 0 Å². The topological polar surface area (TPSA) is 114 Å². The third-order valence-corrected chi connectivity index (χ3v) is 3.42. The molecule has 6 N–H and O–H groups in total. The van der Waals surface area contributed by atoms with Crippen molar-refractivity contribution in [2.24, 2.45) is 11.5 Å². The van der Waals surface area contributed by atoms with Crippen molar-refractivity contribution < 1.29 is 9.59 Å². The van der Waals surface area contributed by atoms with E-state index in [9.17, 15) is 9.59 Å². The molecule has 118 valence electrons. The van der Waals surface area contributed by atoms with E-state index in [1.165, 1.54) is 0 Å². The number of hydrogen-bond acceptors (Lipinski definition) is 2. The minimum absolute atomic E-state index is 0.179. The summed E-state index contributed by atoms with van der Waals surface area (Å²) in [6.07, 6.45) is 0. The van der Waals surface area contributed by atoms with Crippen LogP contribution in [0.15, 0.2) is 48.5 Å². The quantitative estimate of drug-likeness (QED) is 0.542. The smallest absolute Gasteiger partial charge is 0.317 e. The van der Waals surface area contributed by atoms with Crippen molar-refractivity contribution in [1.82, 2.24) is 4.98 Å². The van der Waals surface area contributed by atoms with Gasteiger partial charge in [0.15, 0.2) is 0 Å². The number of amides is 3. The van der Waals surface area contributed by atoms with Crippen LogP contribution in [-0.2, 0) is 0 Å². The van der Waals surface area contributed by atoms with E-state index in [2.05, 4.69) is 22.1 Å². The van der Waals surface area contributed by atoms with E-state index in [4.69, 9.17) is 11.5 Å². The summed E-state index contributed by atoms with van der Waals surface area (Å²) in [5.41, 5.74) is 13.0. The molecule has 0 saturated heterocycles. The van der Waals surface area contributed by atoms with Gasteiger partial charge in [0.05, 0.1) is 5.56 Å². The number of rotatable bonds is 2. The van der Waals surface area contributed by atoms with Gasteiger partial charge in [-0.05, 0) is 24.3 Å². The number of aromatic amines is 1. The van der Waals surface area contributed by atoms with Gasteiger partial charge in [0.2, 0.25) is 0 Å². The van der Waals surface area contributed by atoms with Crippen LogP contribution in [0.4, 0.5) is 10.6 Å². The Kier molecular flexibility index (Phi) is 3.91. The summed E-state index contributed by atoms with van der Waals surface area (Å²) in [5.74, 6) is 5.63. The highest BCUT2D eigenvalue weighted by atomic mass is 16.2. The molecule has 2 aromatic carbocycles. The van der Waals surface area contributed by atoms with Crippen LogP contribution in [0.5, 0.6) is 0 Å². The average molecular weight is 318 g/mol. The largest absolute Gasteiger partial charge is 0.365 e. The Morgan fingerprint density at radius 3 is 2.33 bits per heavy atom. The molecule has 6 heteroatoms. The number of carbonyl (C=O) groups is 2. The molecule has 0 radical (unpaired) electrons. The molecular weight excluding hydrogens is 304 g/mol. The fraction of sp³-hybridized carbons (Fsp3) is 0. The van der Waals surface area contributed by atoms with E-state index in [0.717, 1.165) is 11.1 Å². The molecule has 3 aromatic rings. The Hall–Kier alpha value is -3.72. The number of H-pyrrole nitrogens is 1. The number of primary amides is 2. The van der Waals surface area contributed by atoms with Crippen LogP contribution in [0.1, 0.15) is 21.5 Å². The lowest BCUT2D eigenvalue weighted by molar-refractivity contribution is 0.100. The van der Waals surface area contributed by atoms with Crippen molar-refractivity contribution >= 4 is 28.7 Å². The molecule has 0 fully saturated rings. The van der Waals surface area contributed by atoms with Crippen LogP contribution in [0.25, 0.3) is 10.9 Å². The number of nitrogens with one attached hydrogen (secondary N) is 2. The Morgan fingerprint density at radius 1 is 0.958 bits per heavy atom. The van der Waals surface area contributed by atoms with Crippen LogP contribution in [0.2, 0.25) is 0 Å². The van der Waals surface area contributed by atoms with Crippen molar-refractivity contribution in [2.75, 3.05) is 5.32 Å². The summed E-state index contributed by atoms with van der Waals surface area (Å²) < 4.78 is 0. The molecule has 3 rings (SSSR count). The maximum absolute atomic E-state index is 11.7. The van der Waals surface area contributed by atoms with E-state index in [1.54, 1.807) is 18.2 Å². The van der Waals surface area contributed by atoms with E-state index in [-0.39, 0.29) is 11.4 Å².